The lowest BCUT2D eigenvalue weighted by molar-refractivity contribution is -0.138. The highest BCUT2D eigenvalue weighted by Crippen LogP contribution is 2.31. The molecule has 12 heavy (non-hydrogen) atoms. The highest BCUT2D eigenvalue weighted by atomic mass is 31.2. The summed E-state index contributed by atoms with van der Waals surface area (Å²) in [5.74, 6) is -1.21. The normalized spacial score (nSPS) is 14.2. The lowest BCUT2D eigenvalue weighted by Crippen LogP contribution is -2.40. The molecule has 8 heteroatoms. The van der Waals surface area contributed by atoms with E-state index in [9.17, 15) is 9.36 Å². The van der Waals surface area contributed by atoms with E-state index in [-0.39, 0.29) is 6.54 Å². The van der Waals surface area contributed by atoms with Crippen LogP contribution in [-0.4, -0.2) is 39.7 Å². The molecule has 1 atom stereocenters. The first-order chi connectivity index (χ1) is 5.33. The lowest BCUT2D eigenvalue weighted by Gasteiger charge is -2.08. The van der Waals surface area contributed by atoms with Gasteiger partial charge in [-0.15, -0.1) is 0 Å². The summed E-state index contributed by atoms with van der Waals surface area (Å²) in [7, 11) is -4.11. The van der Waals surface area contributed by atoms with Crippen molar-refractivity contribution >= 4 is 13.6 Å². The van der Waals surface area contributed by atoms with Crippen LogP contribution in [0.2, 0.25) is 0 Å². The monoisotopic (exact) mass is 198 g/mol. The number of aliphatic carboxylic acids is 1. The fraction of sp³-hybridized carbons (Fsp3) is 0.750. The number of rotatable bonds is 5. The van der Waals surface area contributed by atoms with Crippen LogP contribution >= 0.6 is 7.60 Å². The van der Waals surface area contributed by atoms with Crippen LogP contribution < -0.4 is 11.1 Å². The van der Waals surface area contributed by atoms with Crippen LogP contribution in [0.25, 0.3) is 0 Å². The number of hydrogen-bond acceptors (Lipinski definition) is 4. The van der Waals surface area contributed by atoms with Crippen LogP contribution in [0.1, 0.15) is 0 Å². The Morgan fingerprint density at radius 1 is 1.58 bits per heavy atom. The maximum absolute atomic E-state index is 10.2. The summed E-state index contributed by atoms with van der Waals surface area (Å²) in [5.41, 5.74) is 5.03. The standard InChI is InChI=1S/C4H11N2O5P/c5-3(4(7)8)1-6-2-12(9,10)11/h3,6H,1-2,5H2,(H,7,8)(H2,9,10,11)/t3-/m0/s1. The Morgan fingerprint density at radius 3 is 2.42 bits per heavy atom. The molecule has 0 radical (unpaired) electrons. The maximum atomic E-state index is 10.2. The van der Waals surface area contributed by atoms with Crippen molar-refractivity contribution in [1.82, 2.24) is 5.32 Å². The molecule has 0 bridgehead atoms. The maximum Gasteiger partial charge on any atom is 0.339 e. The number of nitrogens with one attached hydrogen (secondary N) is 1. The van der Waals surface area contributed by atoms with Gasteiger partial charge in [0.25, 0.3) is 0 Å². The van der Waals surface area contributed by atoms with E-state index in [1.807, 2.05) is 0 Å². The molecule has 6 N–H and O–H groups in total. The Hall–Kier alpha value is -0.460. The van der Waals surface area contributed by atoms with Crippen molar-refractivity contribution in [1.29, 1.82) is 0 Å². The zero-order chi connectivity index (χ0) is 9.78. The van der Waals surface area contributed by atoms with Crippen molar-refractivity contribution in [2.45, 2.75) is 6.04 Å². The molecule has 0 aromatic rings. The van der Waals surface area contributed by atoms with Crippen LogP contribution in [-0.2, 0) is 9.36 Å². The molecule has 0 aliphatic carbocycles. The number of carbonyl (C=O) groups is 1. The zero-order valence-corrected chi connectivity index (χ0v) is 7.07. The Bertz CT molecular complexity index is 202. The summed E-state index contributed by atoms with van der Waals surface area (Å²) in [6.07, 6.45) is -0.562. The predicted molar refractivity (Wildman–Crippen MR) is 40.5 cm³/mol. The molecule has 0 unspecified atom stereocenters. The largest absolute Gasteiger partial charge is 0.480 e. The fourth-order valence-corrected chi connectivity index (χ4v) is 0.873. The number of hydrogen-bond donors (Lipinski definition) is 5. The highest BCUT2D eigenvalue weighted by Gasteiger charge is 2.15. The van der Waals surface area contributed by atoms with Gasteiger partial charge in [-0.25, -0.2) is 0 Å². The Balaban J connectivity index is 3.58. The Labute approximate surface area is 68.7 Å². The van der Waals surface area contributed by atoms with Gasteiger partial charge in [0.2, 0.25) is 0 Å². The highest BCUT2D eigenvalue weighted by molar-refractivity contribution is 7.51. The van der Waals surface area contributed by atoms with E-state index in [0.717, 1.165) is 0 Å². The molecular weight excluding hydrogens is 187 g/mol. The first-order valence-electron chi connectivity index (χ1n) is 3.06. The molecule has 0 fully saturated rings. The lowest BCUT2D eigenvalue weighted by atomic mass is 10.3. The first kappa shape index (κ1) is 11.5. The van der Waals surface area contributed by atoms with E-state index in [4.69, 9.17) is 20.6 Å². The molecule has 0 saturated carbocycles. The predicted octanol–water partition coefficient (Wildman–Crippen LogP) is -1.88. The van der Waals surface area contributed by atoms with Crippen molar-refractivity contribution < 1.29 is 24.3 Å². The van der Waals surface area contributed by atoms with Gasteiger partial charge in [-0.05, 0) is 0 Å². The second-order valence-electron chi connectivity index (χ2n) is 2.22. The topological polar surface area (TPSA) is 133 Å². The first-order valence-corrected chi connectivity index (χ1v) is 4.86. The molecule has 0 rings (SSSR count). The van der Waals surface area contributed by atoms with Crippen LogP contribution in [0, 0.1) is 0 Å². The van der Waals surface area contributed by atoms with Crippen molar-refractivity contribution in [3.63, 3.8) is 0 Å². The van der Waals surface area contributed by atoms with Gasteiger partial charge >= 0.3 is 13.6 Å². The van der Waals surface area contributed by atoms with Crippen molar-refractivity contribution in [2.24, 2.45) is 5.73 Å². The van der Waals surface area contributed by atoms with E-state index in [1.165, 1.54) is 0 Å². The minimum atomic E-state index is -4.11. The summed E-state index contributed by atoms with van der Waals surface area (Å²) in [5, 5.41) is 10.5. The van der Waals surface area contributed by atoms with Gasteiger partial charge in [-0.1, -0.05) is 0 Å². The van der Waals surface area contributed by atoms with Crippen LogP contribution in [0.3, 0.4) is 0 Å². The smallest absolute Gasteiger partial charge is 0.339 e. The Morgan fingerprint density at radius 2 is 2.08 bits per heavy atom. The van der Waals surface area contributed by atoms with Gasteiger partial charge in [-0.2, -0.15) is 0 Å². The summed E-state index contributed by atoms with van der Waals surface area (Å²) in [6.45, 7) is -0.166. The molecule has 0 amide bonds. The molecular formula is C4H11N2O5P. The van der Waals surface area contributed by atoms with Crippen molar-refractivity contribution in [3.05, 3.63) is 0 Å². The SMILES string of the molecule is N[C@@H](CNCP(=O)(O)O)C(=O)O. The average Bonchev–Trinajstić information content (AvgIpc) is 1.84. The van der Waals surface area contributed by atoms with Gasteiger partial charge < -0.3 is 25.9 Å². The van der Waals surface area contributed by atoms with Crippen molar-refractivity contribution in [3.8, 4) is 0 Å². The molecule has 0 aromatic heterocycles. The van der Waals surface area contributed by atoms with E-state index in [1.54, 1.807) is 0 Å². The van der Waals surface area contributed by atoms with Crippen LogP contribution in [0.15, 0.2) is 0 Å². The molecule has 0 spiro atoms. The third kappa shape index (κ3) is 6.26. The van der Waals surface area contributed by atoms with E-state index >= 15 is 0 Å². The second kappa shape index (κ2) is 4.54. The summed E-state index contributed by atoms with van der Waals surface area (Å²) in [4.78, 5) is 26.8. The van der Waals surface area contributed by atoms with Gasteiger partial charge in [0, 0.05) is 6.54 Å². The quantitative estimate of drug-likeness (QED) is 0.326. The van der Waals surface area contributed by atoms with E-state index < -0.39 is 25.9 Å². The summed E-state index contributed by atoms with van der Waals surface area (Å²) in [6, 6.07) is -1.14. The van der Waals surface area contributed by atoms with Gasteiger partial charge in [0.05, 0.1) is 6.29 Å². The molecule has 72 valence electrons. The summed E-state index contributed by atoms with van der Waals surface area (Å²) < 4.78 is 10.2. The summed E-state index contributed by atoms with van der Waals surface area (Å²) >= 11 is 0. The molecule has 0 aromatic carbocycles. The minimum absolute atomic E-state index is 0.166. The van der Waals surface area contributed by atoms with Gasteiger partial charge in [0.15, 0.2) is 0 Å². The van der Waals surface area contributed by atoms with Gasteiger partial charge in [0.1, 0.15) is 6.04 Å². The number of carboxylic acids is 1. The number of nitrogens with two attached hydrogens (primary N) is 1. The number of carboxylic acid groups (broad SMARTS) is 1. The van der Waals surface area contributed by atoms with E-state index in [0.29, 0.717) is 0 Å². The average molecular weight is 198 g/mol. The second-order valence-corrected chi connectivity index (χ2v) is 3.87. The molecule has 0 aliphatic rings. The zero-order valence-electron chi connectivity index (χ0n) is 6.17. The van der Waals surface area contributed by atoms with Gasteiger partial charge in [-0.3, -0.25) is 9.36 Å². The molecule has 0 aliphatic heterocycles. The van der Waals surface area contributed by atoms with Crippen molar-refractivity contribution in [2.75, 3.05) is 12.8 Å². The molecule has 7 nitrogen and oxygen atoms in total. The third-order valence-corrected chi connectivity index (χ3v) is 1.63. The third-order valence-electron chi connectivity index (χ3n) is 0.999. The molecule has 0 heterocycles. The Kier molecular flexibility index (Phi) is 4.36. The van der Waals surface area contributed by atoms with E-state index in [2.05, 4.69) is 5.32 Å². The fourth-order valence-electron chi connectivity index (χ4n) is 0.453. The minimum Gasteiger partial charge on any atom is -0.480 e. The molecule has 0 saturated heterocycles. The van der Waals surface area contributed by atoms with Crippen LogP contribution in [0.4, 0.5) is 0 Å². The van der Waals surface area contributed by atoms with Crippen LogP contribution in [0.5, 0.6) is 0 Å².